The number of carbonyl (C=O) groups is 1. The standard InChI is InChI=1S/C15H21BrClNO3/c1-15(2,8-9-17)13(19)14(16)21-12-6-4-11(5-7-12)10-18-20-3/h4-7,14,18H,8-10H2,1-3H3. The number of halogens is 2. The van der Waals surface area contributed by atoms with Gasteiger partial charge in [0.2, 0.25) is 5.01 Å². The summed E-state index contributed by atoms with van der Waals surface area (Å²) in [4.78, 5) is 17.1. The number of hydroxylamine groups is 1. The summed E-state index contributed by atoms with van der Waals surface area (Å²) in [6.45, 7) is 4.35. The second kappa shape index (κ2) is 8.73. The van der Waals surface area contributed by atoms with Crippen molar-refractivity contribution in [2.24, 2.45) is 5.41 Å². The van der Waals surface area contributed by atoms with E-state index in [0.717, 1.165) is 5.56 Å². The van der Waals surface area contributed by atoms with E-state index in [0.29, 0.717) is 24.6 Å². The number of benzene rings is 1. The number of ether oxygens (including phenoxy) is 1. The molecular weight excluding hydrogens is 358 g/mol. The van der Waals surface area contributed by atoms with Gasteiger partial charge in [-0.05, 0) is 40.0 Å². The summed E-state index contributed by atoms with van der Waals surface area (Å²) in [7, 11) is 1.57. The number of carbonyl (C=O) groups excluding carboxylic acids is 1. The van der Waals surface area contributed by atoms with Crippen molar-refractivity contribution in [2.75, 3.05) is 13.0 Å². The van der Waals surface area contributed by atoms with Gasteiger partial charge in [0.15, 0.2) is 5.78 Å². The number of hydrogen-bond acceptors (Lipinski definition) is 4. The molecule has 1 aromatic rings. The van der Waals surface area contributed by atoms with Crippen LogP contribution in [0.15, 0.2) is 24.3 Å². The second-order valence-corrected chi connectivity index (χ2v) is 6.50. The quantitative estimate of drug-likeness (QED) is 0.526. The van der Waals surface area contributed by atoms with E-state index in [-0.39, 0.29) is 5.78 Å². The molecule has 4 nitrogen and oxygen atoms in total. The van der Waals surface area contributed by atoms with Crippen LogP contribution < -0.4 is 10.2 Å². The van der Waals surface area contributed by atoms with Crippen LogP contribution >= 0.6 is 27.5 Å². The molecule has 0 spiro atoms. The Morgan fingerprint density at radius 2 is 2.00 bits per heavy atom. The minimum absolute atomic E-state index is 0.0201. The Labute approximate surface area is 139 Å². The Hall–Kier alpha value is -0.620. The van der Waals surface area contributed by atoms with Gasteiger partial charge in [0.05, 0.1) is 7.11 Å². The van der Waals surface area contributed by atoms with E-state index in [9.17, 15) is 4.79 Å². The lowest BCUT2D eigenvalue weighted by Crippen LogP contribution is -2.34. The number of alkyl halides is 2. The summed E-state index contributed by atoms with van der Waals surface area (Å²) in [5.74, 6) is 1.06. The van der Waals surface area contributed by atoms with Crippen molar-refractivity contribution < 1.29 is 14.4 Å². The highest BCUT2D eigenvalue weighted by molar-refractivity contribution is 9.09. The number of hydrogen-bond donors (Lipinski definition) is 1. The van der Waals surface area contributed by atoms with Crippen molar-refractivity contribution in [1.29, 1.82) is 0 Å². The fraction of sp³-hybridized carbons (Fsp3) is 0.533. The van der Waals surface area contributed by atoms with Crippen molar-refractivity contribution in [3.8, 4) is 5.75 Å². The first-order valence-corrected chi connectivity index (χ1v) is 8.11. The lowest BCUT2D eigenvalue weighted by molar-refractivity contribution is -0.130. The zero-order chi connectivity index (χ0) is 15.9. The molecular formula is C15H21BrClNO3. The third kappa shape index (κ3) is 5.94. The molecule has 0 aliphatic rings. The van der Waals surface area contributed by atoms with Crippen LogP contribution in [0, 0.1) is 5.41 Å². The average Bonchev–Trinajstić information content (AvgIpc) is 2.45. The van der Waals surface area contributed by atoms with Crippen LogP contribution in [0.5, 0.6) is 5.75 Å². The SMILES string of the molecule is CONCc1ccc(OC(Br)C(=O)C(C)(C)CCCl)cc1. The Balaban J connectivity index is 2.62. The summed E-state index contributed by atoms with van der Waals surface area (Å²) in [6.07, 6.45) is 0.612. The van der Waals surface area contributed by atoms with Crippen LogP contribution in [-0.2, 0) is 16.2 Å². The topological polar surface area (TPSA) is 47.6 Å². The Kier molecular flexibility index (Phi) is 7.66. The van der Waals surface area contributed by atoms with E-state index in [1.165, 1.54) is 0 Å². The van der Waals surface area contributed by atoms with Crippen molar-refractivity contribution in [3.05, 3.63) is 29.8 Å². The molecule has 0 bridgehead atoms. The highest BCUT2D eigenvalue weighted by Gasteiger charge is 2.33. The van der Waals surface area contributed by atoms with E-state index in [1.54, 1.807) is 7.11 Å². The van der Waals surface area contributed by atoms with Gasteiger partial charge in [-0.3, -0.25) is 4.79 Å². The number of nitrogens with one attached hydrogen (secondary N) is 1. The van der Waals surface area contributed by atoms with E-state index < -0.39 is 10.4 Å². The van der Waals surface area contributed by atoms with Crippen molar-refractivity contribution in [3.63, 3.8) is 0 Å². The van der Waals surface area contributed by atoms with Crippen LogP contribution in [0.2, 0.25) is 0 Å². The van der Waals surface area contributed by atoms with Crippen molar-refractivity contribution >= 4 is 33.3 Å². The smallest absolute Gasteiger partial charge is 0.211 e. The number of rotatable bonds is 9. The fourth-order valence-electron chi connectivity index (χ4n) is 1.68. The molecule has 0 heterocycles. The Morgan fingerprint density at radius 3 is 2.52 bits per heavy atom. The van der Waals surface area contributed by atoms with Crippen LogP contribution in [0.25, 0.3) is 0 Å². The normalized spacial score (nSPS) is 13.0. The molecule has 0 radical (unpaired) electrons. The van der Waals surface area contributed by atoms with Crippen molar-refractivity contribution in [2.45, 2.75) is 31.8 Å². The molecule has 1 unspecified atom stereocenters. The van der Waals surface area contributed by atoms with Crippen LogP contribution in [0.1, 0.15) is 25.8 Å². The van der Waals surface area contributed by atoms with Gasteiger partial charge in [0.25, 0.3) is 0 Å². The van der Waals surface area contributed by atoms with Gasteiger partial charge >= 0.3 is 0 Å². The molecule has 118 valence electrons. The lowest BCUT2D eigenvalue weighted by atomic mass is 9.85. The molecule has 0 saturated heterocycles. The Bertz CT molecular complexity index is 451. The predicted molar refractivity (Wildman–Crippen MR) is 87.8 cm³/mol. The Morgan fingerprint density at radius 1 is 1.38 bits per heavy atom. The molecule has 1 atom stereocenters. The summed E-state index contributed by atoms with van der Waals surface area (Å²) < 4.78 is 5.64. The third-order valence-electron chi connectivity index (χ3n) is 3.18. The molecule has 0 saturated carbocycles. The largest absolute Gasteiger partial charge is 0.471 e. The first-order chi connectivity index (χ1) is 9.90. The molecule has 1 aromatic carbocycles. The van der Waals surface area contributed by atoms with Crippen LogP contribution in [0.3, 0.4) is 0 Å². The monoisotopic (exact) mass is 377 g/mol. The molecule has 0 fully saturated rings. The first kappa shape index (κ1) is 18.4. The summed E-state index contributed by atoms with van der Waals surface area (Å²) in [5.41, 5.74) is 3.30. The maximum atomic E-state index is 12.3. The molecule has 0 aromatic heterocycles. The average molecular weight is 379 g/mol. The zero-order valence-corrected chi connectivity index (χ0v) is 14.8. The van der Waals surface area contributed by atoms with Gasteiger partial charge < -0.3 is 9.57 Å². The maximum Gasteiger partial charge on any atom is 0.211 e. The summed E-state index contributed by atoms with van der Waals surface area (Å²) in [5, 5.41) is -0.682. The maximum absolute atomic E-state index is 12.3. The second-order valence-electron chi connectivity index (χ2n) is 5.29. The minimum atomic E-state index is -0.682. The molecule has 0 aliphatic heterocycles. The lowest BCUT2D eigenvalue weighted by Gasteiger charge is -2.25. The van der Waals surface area contributed by atoms with E-state index in [2.05, 4.69) is 21.4 Å². The number of ketones is 1. The minimum Gasteiger partial charge on any atom is -0.471 e. The molecule has 21 heavy (non-hydrogen) atoms. The van der Waals surface area contributed by atoms with Crippen molar-refractivity contribution in [1.82, 2.24) is 5.48 Å². The van der Waals surface area contributed by atoms with Gasteiger partial charge in [-0.2, -0.15) is 5.48 Å². The van der Waals surface area contributed by atoms with Gasteiger partial charge in [0, 0.05) is 17.8 Å². The predicted octanol–water partition coefficient (Wildman–Crippen LogP) is 3.66. The highest BCUT2D eigenvalue weighted by Crippen LogP contribution is 2.28. The molecule has 0 aliphatic carbocycles. The van der Waals surface area contributed by atoms with Gasteiger partial charge in [-0.1, -0.05) is 26.0 Å². The summed E-state index contributed by atoms with van der Waals surface area (Å²) in [6, 6.07) is 7.47. The van der Waals surface area contributed by atoms with Gasteiger partial charge in [-0.15, -0.1) is 11.6 Å². The highest BCUT2D eigenvalue weighted by atomic mass is 79.9. The van der Waals surface area contributed by atoms with Gasteiger partial charge in [0.1, 0.15) is 5.75 Å². The van der Waals surface area contributed by atoms with E-state index >= 15 is 0 Å². The summed E-state index contributed by atoms with van der Waals surface area (Å²) >= 11 is 9.03. The zero-order valence-electron chi connectivity index (χ0n) is 12.5. The first-order valence-electron chi connectivity index (χ1n) is 6.66. The number of Topliss-reactive ketones (excluding diaryl/α,β-unsaturated/α-hetero) is 1. The molecule has 6 heteroatoms. The van der Waals surface area contributed by atoms with Gasteiger partial charge in [-0.25, -0.2) is 0 Å². The fourth-order valence-corrected chi connectivity index (χ4v) is 2.99. The van der Waals surface area contributed by atoms with Crippen LogP contribution in [-0.4, -0.2) is 23.8 Å². The van der Waals surface area contributed by atoms with E-state index in [1.807, 2.05) is 38.1 Å². The molecule has 1 rings (SSSR count). The molecule has 1 N–H and O–H groups in total. The molecule has 0 amide bonds. The van der Waals surface area contributed by atoms with Crippen LogP contribution in [0.4, 0.5) is 0 Å². The van der Waals surface area contributed by atoms with E-state index in [4.69, 9.17) is 21.2 Å². The third-order valence-corrected chi connectivity index (χ3v) is 3.97.